The van der Waals surface area contributed by atoms with Crippen LogP contribution in [0.25, 0.3) is 0 Å². The van der Waals surface area contributed by atoms with Crippen molar-refractivity contribution in [1.29, 1.82) is 5.26 Å². The van der Waals surface area contributed by atoms with E-state index in [0.29, 0.717) is 6.42 Å². The quantitative estimate of drug-likeness (QED) is 0.906. The van der Waals surface area contributed by atoms with E-state index in [1.807, 2.05) is 13.0 Å². The number of halogens is 1. The van der Waals surface area contributed by atoms with Crippen molar-refractivity contribution in [2.45, 2.75) is 30.7 Å². The lowest BCUT2D eigenvalue weighted by Crippen LogP contribution is -2.33. The first kappa shape index (κ1) is 14.2. The zero-order valence-electron chi connectivity index (χ0n) is 9.35. The van der Waals surface area contributed by atoms with Crippen LogP contribution in [-0.2, 0) is 10.0 Å². The second kappa shape index (κ2) is 6.15. The van der Waals surface area contributed by atoms with E-state index in [9.17, 15) is 8.42 Å². The van der Waals surface area contributed by atoms with Crippen LogP contribution in [0.15, 0.2) is 33.6 Å². The highest BCUT2D eigenvalue weighted by Crippen LogP contribution is 2.15. The summed E-state index contributed by atoms with van der Waals surface area (Å²) in [6.07, 6.45) is 1.26. The molecule has 92 valence electrons. The van der Waals surface area contributed by atoms with Crippen LogP contribution in [0, 0.1) is 11.3 Å². The van der Waals surface area contributed by atoms with Crippen LogP contribution in [0.5, 0.6) is 0 Å². The van der Waals surface area contributed by atoms with Gasteiger partial charge in [-0.25, -0.2) is 8.42 Å². The molecule has 1 aromatic rings. The zero-order chi connectivity index (χ0) is 12.9. The molecule has 1 aromatic carbocycles. The third-order valence-corrected chi connectivity index (χ3v) is 4.17. The Bertz CT molecular complexity index is 505. The van der Waals surface area contributed by atoms with E-state index >= 15 is 0 Å². The Labute approximate surface area is 110 Å². The predicted molar refractivity (Wildman–Crippen MR) is 68.8 cm³/mol. The molecule has 0 saturated carbocycles. The smallest absolute Gasteiger partial charge is 0.207 e. The van der Waals surface area contributed by atoms with Gasteiger partial charge in [0.25, 0.3) is 0 Å². The Morgan fingerprint density at radius 3 is 2.47 bits per heavy atom. The van der Waals surface area contributed by atoms with Crippen molar-refractivity contribution in [2.24, 2.45) is 0 Å². The van der Waals surface area contributed by atoms with Crippen LogP contribution >= 0.6 is 15.9 Å². The van der Waals surface area contributed by atoms with Crippen molar-refractivity contribution < 1.29 is 8.42 Å². The molecule has 4 nitrogen and oxygen atoms in total. The topological polar surface area (TPSA) is 70.0 Å². The monoisotopic (exact) mass is 316 g/mol. The largest absolute Gasteiger partial charge is 0.241 e. The summed E-state index contributed by atoms with van der Waals surface area (Å²) in [5.74, 6) is 0. The first-order valence-corrected chi connectivity index (χ1v) is 7.44. The molecule has 0 radical (unpaired) electrons. The Kier molecular flexibility index (Phi) is 5.12. The molecule has 0 aromatic heterocycles. The van der Waals surface area contributed by atoms with E-state index < -0.39 is 16.1 Å². The number of hydrogen-bond donors (Lipinski definition) is 1. The van der Waals surface area contributed by atoms with Crippen molar-refractivity contribution in [3.05, 3.63) is 28.7 Å². The molecule has 0 fully saturated rings. The van der Waals surface area contributed by atoms with Crippen molar-refractivity contribution in [1.82, 2.24) is 4.72 Å². The Hall–Kier alpha value is -0.900. The summed E-state index contributed by atoms with van der Waals surface area (Å²) in [5, 5.41) is 8.83. The molecule has 0 spiro atoms. The maximum Gasteiger partial charge on any atom is 0.241 e. The molecule has 0 amide bonds. The normalized spacial score (nSPS) is 13.0. The van der Waals surface area contributed by atoms with Gasteiger partial charge in [-0.3, -0.25) is 0 Å². The molecule has 0 saturated heterocycles. The van der Waals surface area contributed by atoms with Crippen LogP contribution in [0.3, 0.4) is 0 Å². The molecule has 6 heteroatoms. The number of nitrogens with one attached hydrogen (secondary N) is 1. The highest BCUT2D eigenvalue weighted by molar-refractivity contribution is 9.10. The van der Waals surface area contributed by atoms with Crippen molar-refractivity contribution in [3.8, 4) is 6.07 Å². The molecule has 0 aliphatic heterocycles. The molecule has 17 heavy (non-hydrogen) atoms. The molecule has 0 aliphatic rings. The van der Waals surface area contributed by atoms with Gasteiger partial charge in [0.2, 0.25) is 10.0 Å². The molecular formula is C11H13BrN2O2S. The van der Waals surface area contributed by atoms with Gasteiger partial charge in [0.15, 0.2) is 0 Å². The standard InChI is InChI=1S/C11H13BrN2O2S/c1-2-3-10(8-13)14-17(15,16)11-6-4-9(12)5-7-11/h4-7,10,14H,2-3H2,1H3. The first-order chi connectivity index (χ1) is 7.99. The van der Waals surface area contributed by atoms with E-state index in [1.54, 1.807) is 12.1 Å². The van der Waals surface area contributed by atoms with Gasteiger partial charge >= 0.3 is 0 Å². The molecule has 1 N–H and O–H groups in total. The third-order valence-electron chi connectivity index (χ3n) is 2.15. The van der Waals surface area contributed by atoms with Gasteiger partial charge < -0.3 is 0 Å². The number of nitrogens with zero attached hydrogens (tertiary/aromatic N) is 1. The van der Waals surface area contributed by atoms with Crippen LogP contribution < -0.4 is 4.72 Å². The number of nitriles is 1. The number of sulfonamides is 1. The lowest BCUT2D eigenvalue weighted by Gasteiger charge is -2.11. The van der Waals surface area contributed by atoms with Crippen LogP contribution in [0.1, 0.15) is 19.8 Å². The van der Waals surface area contributed by atoms with Gasteiger partial charge in [0, 0.05) is 4.47 Å². The van der Waals surface area contributed by atoms with Crippen LogP contribution in [0.4, 0.5) is 0 Å². The number of benzene rings is 1. The maximum atomic E-state index is 11.9. The fourth-order valence-corrected chi connectivity index (χ4v) is 2.75. The molecule has 0 aliphatic carbocycles. The van der Waals surface area contributed by atoms with E-state index in [1.165, 1.54) is 12.1 Å². The lowest BCUT2D eigenvalue weighted by atomic mass is 10.2. The Morgan fingerprint density at radius 1 is 1.41 bits per heavy atom. The molecular weight excluding hydrogens is 304 g/mol. The summed E-state index contributed by atoms with van der Waals surface area (Å²) in [5.41, 5.74) is 0. The first-order valence-electron chi connectivity index (χ1n) is 5.17. The summed E-state index contributed by atoms with van der Waals surface area (Å²) in [4.78, 5) is 0.164. The molecule has 1 atom stereocenters. The summed E-state index contributed by atoms with van der Waals surface area (Å²) < 4.78 is 27.0. The molecule has 0 bridgehead atoms. The molecule has 1 unspecified atom stereocenters. The third kappa shape index (κ3) is 4.11. The zero-order valence-corrected chi connectivity index (χ0v) is 11.8. The van der Waals surface area contributed by atoms with E-state index in [4.69, 9.17) is 5.26 Å². The predicted octanol–water partition coefficient (Wildman–Crippen LogP) is 2.42. The number of rotatable bonds is 5. The summed E-state index contributed by atoms with van der Waals surface area (Å²) in [7, 11) is -3.60. The fraction of sp³-hybridized carbons (Fsp3) is 0.364. The van der Waals surface area contributed by atoms with E-state index in [-0.39, 0.29) is 4.90 Å². The van der Waals surface area contributed by atoms with Crippen LogP contribution in [0.2, 0.25) is 0 Å². The Balaban J connectivity index is 2.89. The minimum absolute atomic E-state index is 0.164. The highest BCUT2D eigenvalue weighted by atomic mass is 79.9. The fourth-order valence-electron chi connectivity index (χ4n) is 1.31. The molecule has 1 rings (SSSR count). The maximum absolute atomic E-state index is 11.9. The summed E-state index contributed by atoms with van der Waals surface area (Å²) in [6.45, 7) is 1.90. The van der Waals surface area contributed by atoms with Gasteiger partial charge in [-0.05, 0) is 30.7 Å². The van der Waals surface area contributed by atoms with Crippen molar-refractivity contribution in [2.75, 3.05) is 0 Å². The average Bonchev–Trinajstić information content (AvgIpc) is 2.28. The van der Waals surface area contributed by atoms with Gasteiger partial charge in [-0.2, -0.15) is 9.98 Å². The van der Waals surface area contributed by atoms with Gasteiger partial charge in [-0.15, -0.1) is 0 Å². The average molecular weight is 317 g/mol. The van der Waals surface area contributed by atoms with Crippen molar-refractivity contribution in [3.63, 3.8) is 0 Å². The second-order valence-electron chi connectivity index (χ2n) is 3.55. The van der Waals surface area contributed by atoms with Gasteiger partial charge in [0.05, 0.1) is 11.0 Å². The minimum Gasteiger partial charge on any atom is -0.207 e. The van der Waals surface area contributed by atoms with E-state index in [0.717, 1.165) is 10.9 Å². The van der Waals surface area contributed by atoms with E-state index in [2.05, 4.69) is 20.7 Å². The molecule has 0 heterocycles. The lowest BCUT2D eigenvalue weighted by molar-refractivity contribution is 0.563. The SMILES string of the molecule is CCCC(C#N)NS(=O)(=O)c1ccc(Br)cc1. The highest BCUT2D eigenvalue weighted by Gasteiger charge is 2.18. The second-order valence-corrected chi connectivity index (χ2v) is 6.18. The number of hydrogen-bond acceptors (Lipinski definition) is 3. The summed E-state index contributed by atoms with van der Waals surface area (Å²) in [6, 6.07) is 7.55. The van der Waals surface area contributed by atoms with Gasteiger partial charge in [0.1, 0.15) is 6.04 Å². The van der Waals surface area contributed by atoms with Gasteiger partial charge in [-0.1, -0.05) is 29.3 Å². The Morgan fingerprint density at radius 2 is 2.00 bits per heavy atom. The van der Waals surface area contributed by atoms with Crippen molar-refractivity contribution >= 4 is 26.0 Å². The summed E-state index contributed by atoms with van der Waals surface area (Å²) >= 11 is 3.23. The van der Waals surface area contributed by atoms with Crippen LogP contribution in [-0.4, -0.2) is 14.5 Å². The minimum atomic E-state index is -3.60.